The van der Waals surface area contributed by atoms with E-state index in [4.69, 9.17) is 4.52 Å². The van der Waals surface area contributed by atoms with Crippen LogP contribution in [0.2, 0.25) is 0 Å². The molecule has 3 aromatic rings. The SMILES string of the molecule is CCc1c(C)nc2cc([C@@H]3CCCCN3C(=O)c3cc(C)no3)[nH]n2c1=O. The summed E-state index contributed by atoms with van der Waals surface area (Å²) in [6.07, 6.45) is 3.40. The van der Waals surface area contributed by atoms with E-state index < -0.39 is 0 Å². The Labute approximate surface area is 156 Å². The maximum atomic E-state index is 12.9. The van der Waals surface area contributed by atoms with E-state index in [-0.39, 0.29) is 23.3 Å². The third kappa shape index (κ3) is 2.94. The van der Waals surface area contributed by atoms with Crippen LogP contribution in [0.15, 0.2) is 21.5 Å². The Morgan fingerprint density at radius 3 is 2.85 bits per heavy atom. The molecule has 3 aromatic heterocycles. The first-order chi connectivity index (χ1) is 13.0. The van der Waals surface area contributed by atoms with Gasteiger partial charge in [-0.05, 0) is 39.5 Å². The van der Waals surface area contributed by atoms with Crippen molar-refractivity contribution in [3.63, 3.8) is 0 Å². The zero-order valence-electron chi connectivity index (χ0n) is 15.8. The first-order valence-electron chi connectivity index (χ1n) is 9.35. The van der Waals surface area contributed by atoms with Crippen molar-refractivity contribution in [1.29, 1.82) is 0 Å². The van der Waals surface area contributed by atoms with Crippen molar-refractivity contribution in [3.05, 3.63) is 50.9 Å². The molecule has 1 aliphatic heterocycles. The molecule has 0 spiro atoms. The molecule has 0 aliphatic carbocycles. The number of likely N-dealkylation sites (tertiary alicyclic amines) is 1. The minimum absolute atomic E-state index is 0.0780. The van der Waals surface area contributed by atoms with Crippen LogP contribution in [-0.4, -0.2) is 37.1 Å². The minimum Gasteiger partial charge on any atom is -0.351 e. The number of aryl methyl sites for hydroxylation is 2. The summed E-state index contributed by atoms with van der Waals surface area (Å²) in [5.41, 5.74) is 3.45. The molecule has 0 radical (unpaired) electrons. The lowest BCUT2D eigenvalue weighted by Crippen LogP contribution is -2.38. The van der Waals surface area contributed by atoms with Crippen LogP contribution in [0.4, 0.5) is 0 Å². The molecule has 142 valence electrons. The van der Waals surface area contributed by atoms with Gasteiger partial charge in [0, 0.05) is 29.9 Å². The smallest absolute Gasteiger partial charge is 0.293 e. The fraction of sp³-hybridized carbons (Fsp3) is 0.474. The Hall–Kier alpha value is -2.90. The Morgan fingerprint density at radius 1 is 1.33 bits per heavy atom. The summed E-state index contributed by atoms with van der Waals surface area (Å²) in [7, 11) is 0. The molecule has 0 unspecified atom stereocenters. The number of rotatable bonds is 3. The number of hydrogen-bond acceptors (Lipinski definition) is 5. The highest BCUT2D eigenvalue weighted by Gasteiger charge is 2.32. The highest BCUT2D eigenvalue weighted by atomic mass is 16.5. The van der Waals surface area contributed by atoms with Gasteiger partial charge in [0.05, 0.1) is 17.4 Å². The van der Waals surface area contributed by atoms with Crippen LogP contribution in [0.3, 0.4) is 0 Å². The second-order valence-electron chi connectivity index (χ2n) is 7.08. The summed E-state index contributed by atoms with van der Waals surface area (Å²) in [4.78, 5) is 32.0. The quantitative estimate of drug-likeness (QED) is 0.765. The van der Waals surface area contributed by atoms with Crippen molar-refractivity contribution >= 4 is 11.6 Å². The van der Waals surface area contributed by atoms with Gasteiger partial charge in [0.2, 0.25) is 5.76 Å². The van der Waals surface area contributed by atoms with Crippen molar-refractivity contribution in [2.75, 3.05) is 6.54 Å². The van der Waals surface area contributed by atoms with E-state index in [2.05, 4.69) is 15.2 Å². The maximum Gasteiger partial charge on any atom is 0.293 e. The summed E-state index contributed by atoms with van der Waals surface area (Å²) in [5, 5.41) is 7.00. The predicted octanol–water partition coefficient (Wildman–Crippen LogP) is 2.56. The number of carbonyl (C=O) groups excluding carboxylic acids is 1. The number of piperidine rings is 1. The lowest BCUT2D eigenvalue weighted by Gasteiger charge is -2.34. The van der Waals surface area contributed by atoms with Crippen LogP contribution in [0.25, 0.3) is 5.65 Å². The number of carbonyl (C=O) groups is 1. The van der Waals surface area contributed by atoms with Gasteiger partial charge in [0.15, 0.2) is 5.65 Å². The van der Waals surface area contributed by atoms with Crippen LogP contribution < -0.4 is 5.56 Å². The van der Waals surface area contributed by atoms with Gasteiger partial charge < -0.3 is 9.42 Å². The predicted molar refractivity (Wildman–Crippen MR) is 98.8 cm³/mol. The molecule has 8 nitrogen and oxygen atoms in total. The third-order valence-electron chi connectivity index (χ3n) is 5.25. The molecule has 1 N–H and O–H groups in total. The van der Waals surface area contributed by atoms with E-state index in [1.54, 1.807) is 17.9 Å². The van der Waals surface area contributed by atoms with Crippen LogP contribution >= 0.6 is 0 Å². The number of hydrogen-bond donors (Lipinski definition) is 1. The average molecular weight is 369 g/mol. The molecular weight excluding hydrogens is 346 g/mol. The van der Waals surface area contributed by atoms with Crippen molar-refractivity contribution < 1.29 is 9.32 Å². The molecule has 4 rings (SSSR count). The molecule has 0 aromatic carbocycles. The van der Waals surface area contributed by atoms with E-state index in [1.165, 1.54) is 4.52 Å². The summed E-state index contributed by atoms with van der Waals surface area (Å²) >= 11 is 0. The van der Waals surface area contributed by atoms with Gasteiger partial charge in [0.25, 0.3) is 11.5 Å². The van der Waals surface area contributed by atoms with Gasteiger partial charge in [-0.15, -0.1) is 0 Å². The molecule has 1 aliphatic rings. The lowest BCUT2D eigenvalue weighted by atomic mass is 9.99. The van der Waals surface area contributed by atoms with Gasteiger partial charge in [-0.3, -0.25) is 14.7 Å². The van der Waals surface area contributed by atoms with Crippen LogP contribution in [0.1, 0.15) is 65.4 Å². The average Bonchev–Trinajstić information content (AvgIpc) is 3.28. The number of aromatic amines is 1. The fourth-order valence-corrected chi connectivity index (χ4v) is 3.87. The number of H-pyrrole nitrogens is 1. The van der Waals surface area contributed by atoms with Crippen LogP contribution in [-0.2, 0) is 6.42 Å². The van der Waals surface area contributed by atoms with Gasteiger partial charge >= 0.3 is 0 Å². The summed E-state index contributed by atoms with van der Waals surface area (Å²) < 4.78 is 6.65. The fourth-order valence-electron chi connectivity index (χ4n) is 3.87. The van der Waals surface area contributed by atoms with Gasteiger partial charge in [-0.1, -0.05) is 12.1 Å². The van der Waals surface area contributed by atoms with Gasteiger partial charge in [0.1, 0.15) is 0 Å². The zero-order valence-corrected chi connectivity index (χ0v) is 15.8. The lowest BCUT2D eigenvalue weighted by molar-refractivity contribution is 0.0563. The molecule has 1 fully saturated rings. The topological polar surface area (TPSA) is 96.5 Å². The second kappa shape index (κ2) is 6.68. The molecule has 1 amide bonds. The maximum absolute atomic E-state index is 12.9. The second-order valence-corrected chi connectivity index (χ2v) is 7.08. The van der Waals surface area contributed by atoms with Crippen molar-refractivity contribution in [1.82, 2.24) is 24.7 Å². The highest BCUT2D eigenvalue weighted by Crippen LogP contribution is 2.31. The molecule has 4 heterocycles. The monoisotopic (exact) mass is 369 g/mol. The van der Waals surface area contributed by atoms with Crippen molar-refractivity contribution in [3.8, 4) is 0 Å². The number of aromatic nitrogens is 4. The van der Waals surface area contributed by atoms with E-state index in [9.17, 15) is 9.59 Å². The molecule has 1 saturated heterocycles. The van der Waals surface area contributed by atoms with Crippen LogP contribution in [0, 0.1) is 13.8 Å². The first-order valence-corrected chi connectivity index (χ1v) is 9.35. The Kier molecular flexibility index (Phi) is 4.33. The number of amides is 1. The number of fused-ring (bicyclic) bond motifs is 1. The third-order valence-corrected chi connectivity index (χ3v) is 5.25. The Morgan fingerprint density at radius 2 is 2.15 bits per heavy atom. The van der Waals surface area contributed by atoms with Crippen LogP contribution in [0.5, 0.6) is 0 Å². The zero-order chi connectivity index (χ0) is 19.1. The highest BCUT2D eigenvalue weighted by molar-refractivity contribution is 5.91. The molecule has 27 heavy (non-hydrogen) atoms. The molecule has 0 saturated carbocycles. The Balaban J connectivity index is 1.75. The normalized spacial score (nSPS) is 17.6. The van der Waals surface area contributed by atoms with Gasteiger partial charge in [-0.25, -0.2) is 9.50 Å². The van der Waals surface area contributed by atoms with E-state index in [1.807, 2.05) is 19.9 Å². The van der Waals surface area contributed by atoms with E-state index in [0.29, 0.717) is 29.9 Å². The van der Waals surface area contributed by atoms with Gasteiger partial charge in [-0.2, -0.15) is 0 Å². The molecular formula is C19H23N5O3. The largest absolute Gasteiger partial charge is 0.351 e. The summed E-state index contributed by atoms with van der Waals surface area (Å²) in [6, 6.07) is 3.38. The number of nitrogens with zero attached hydrogens (tertiary/aromatic N) is 4. The first kappa shape index (κ1) is 17.5. The van der Waals surface area contributed by atoms with Crippen molar-refractivity contribution in [2.45, 2.75) is 52.5 Å². The molecule has 0 bridgehead atoms. The molecule has 8 heteroatoms. The standard InChI is InChI=1S/C19H23N5O3/c1-4-13-12(3)20-17-10-14(21-24(17)18(13)25)15-7-5-6-8-23(15)19(26)16-9-11(2)22-27-16/h9-10,15,21H,4-8H2,1-3H3/t15-/m0/s1. The minimum atomic E-state index is -0.176. The Bertz CT molecular complexity index is 1060. The summed E-state index contributed by atoms with van der Waals surface area (Å²) in [5.74, 6) is 0.0691. The van der Waals surface area contributed by atoms with E-state index >= 15 is 0 Å². The number of nitrogens with one attached hydrogen (secondary N) is 1. The van der Waals surface area contributed by atoms with Crippen molar-refractivity contribution in [2.24, 2.45) is 0 Å². The summed E-state index contributed by atoms with van der Waals surface area (Å²) in [6.45, 7) is 6.23. The van der Waals surface area contributed by atoms with E-state index in [0.717, 1.165) is 30.7 Å². The molecule has 1 atom stereocenters.